The maximum Gasteiger partial charge on any atom is 0.414 e. The van der Waals surface area contributed by atoms with Gasteiger partial charge in [0.15, 0.2) is 0 Å². The molecule has 1 atom stereocenters. The molecule has 7 nitrogen and oxygen atoms in total. The van der Waals surface area contributed by atoms with E-state index in [1.54, 1.807) is 11.0 Å². The van der Waals surface area contributed by atoms with Crippen LogP contribution in [0.15, 0.2) is 53.3 Å². The summed E-state index contributed by atoms with van der Waals surface area (Å²) in [5.74, 6) is -0.155. The third kappa shape index (κ3) is 5.05. The van der Waals surface area contributed by atoms with Gasteiger partial charge in [-0.1, -0.05) is 37.1 Å². The number of carbonyl (C=O) groups is 2. The van der Waals surface area contributed by atoms with Crippen molar-refractivity contribution in [2.75, 3.05) is 23.3 Å². The van der Waals surface area contributed by atoms with Gasteiger partial charge >= 0.3 is 6.09 Å². The number of amides is 2. The van der Waals surface area contributed by atoms with Crippen molar-refractivity contribution in [1.82, 2.24) is 5.32 Å². The van der Waals surface area contributed by atoms with Crippen molar-refractivity contribution in [1.29, 1.82) is 0 Å². The molecule has 2 N–H and O–H groups in total. The van der Waals surface area contributed by atoms with Crippen molar-refractivity contribution in [2.24, 2.45) is 0 Å². The molecule has 1 aliphatic carbocycles. The van der Waals surface area contributed by atoms with E-state index in [2.05, 4.69) is 10.6 Å². The fraction of sp³-hybridized carbons (Fsp3) is 0.375. The van der Waals surface area contributed by atoms with E-state index in [1.165, 1.54) is 19.8 Å². The maximum atomic E-state index is 12.4. The molecule has 0 bridgehead atoms. The SMILES string of the molecule is CC(=O)NCC1CN(c2ccc(-c3ccc(NC4CCCC4)c(=O)cc3)cc2)C(=O)O1. The first kappa shape index (κ1) is 20.9. The smallest absolute Gasteiger partial charge is 0.414 e. The molecule has 162 valence electrons. The van der Waals surface area contributed by atoms with Crippen LogP contribution in [-0.4, -0.2) is 37.2 Å². The van der Waals surface area contributed by atoms with E-state index >= 15 is 0 Å². The summed E-state index contributed by atoms with van der Waals surface area (Å²) in [6.45, 7) is 2.11. The second-order valence-corrected chi connectivity index (χ2v) is 8.13. The Balaban J connectivity index is 1.46. The van der Waals surface area contributed by atoms with Crippen LogP contribution in [0.4, 0.5) is 16.2 Å². The van der Waals surface area contributed by atoms with Gasteiger partial charge in [0.05, 0.1) is 18.8 Å². The number of hydrogen-bond donors (Lipinski definition) is 2. The van der Waals surface area contributed by atoms with Crippen LogP contribution in [0.3, 0.4) is 0 Å². The van der Waals surface area contributed by atoms with Gasteiger partial charge in [0, 0.05) is 18.7 Å². The number of nitrogens with one attached hydrogen (secondary N) is 2. The molecule has 31 heavy (non-hydrogen) atoms. The highest BCUT2D eigenvalue weighted by Gasteiger charge is 2.32. The number of rotatable bonds is 6. The standard InChI is InChI=1S/C24H27N3O4/c1-16(28)25-14-21-15-27(24(30)31-21)20-10-6-17(7-11-20)18-8-12-22(23(29)13-9-18)26-19-4-2-3-5-19/h6-13,19,21H,2-5,14-15H2,1H3,(H,25,28)(H,26,29). The summed E-state index contributed by atoms with van der Waals surface area (Å²) >= 11 is 0. The van der Waals surface area contributed by atoms with Crippen LogP contribution in [-0.2, 0) is 9.53 Å². The molecule has 1 aliphatic heterocycles. The van der Waals surface area contributed by atoms with Gasteiger partial charge in [-0.05, 0) is 48.2 Å². The topological polar surface area (TPSA) is 87.7 Å². The van der Waals surface area contributed by atoms with E-state index < -0.39 is 6.09 Å². The van der Waals surface area contributed by atoms with Crippen molar-refractivity contribution in [2.45, 2.75) is 44.8 Å². The molecule has 2 aliphatic rings. The Morgan fingerprint density at radius 1 is 1.00 bits per heavy atom. The van der Waals surface area contributed by atoms with E-state index in [0.29, 0.717) is 24.8 Å². The van der Waals surface area contributed by atoms with Gasteiger partial charge in [0.25, 0.3) is 0 Å². The largest absolute Gasteiger partial charge is 0.442 e. The molecule has 1 saturated carbocycles. The lowest BCUT2D eigenvalue weighted by Gasteiger charge is -2.13. The summed E-state index contributed by atoms with van der Waals surface area (Å²) in [6.07, 6.45) is 3.84. The minimum Gasteiger partial charge on any atom is -0.442 e. The highest BCUT2D eigenvalue weighted by Crippen LogP contribution is 2.26. The average molecular weight is 421 g/mol. The van der Waals surface area contributed by atoms with Gasteiger partial charge in [0.2, 0.25) is 11.3 Å². The molecule has 0 aromatic heterocycles. The van der Waals surface area contributed by atoms with Gasteiger partial charge in [0.1, 0.15) is 6.10 Å². The van der Waals surface area contributed by atoms with Gasteiger partial charge < -0.3 is 15.4 Å². The lowest BCUT2D eigenvalue weighted by atomic mass is 10.1. The van der Waals surface area contributed by atoms with E-state index in [9.17, 15) is 14.4 Å². The summed E-state index contributed by atoms with van der Waals surface area (Å²) in [5, 5.41) is 6.06. The Hall–Kier alpha value is -3.35. The van der Waals surface area contributed by atoms with Crippen molar-refractivity contribution in [3.8, 4) is 11.1 Å². The minimum absolute atomic E-state index is 0.0141. The van der Waals surface area contributed by atoms with Crippen LogP contribution in [0.5, 0.6) is 0 Å². The monoisotopic (exact) mass is 421 g/mol. The first-order valence-electron chi connectivity index (χ1n) is 10.7. The number of hydrogen-bond acceptors (Lipinski definition) is 5. The molecule has 2 amide bonds. The molecule has 1 saturated heterocycles. The zero-order chi connectivity index (χ0) is 21.8. The molecular weight excluding hydrogens is 394 g/mol. The molecule has 7 heteroatoms. The van der Waals surface area contributed by atoms with Crippen LogP contribution in [0.25, 0.3) is 11.1 Å². The van der Waals surface area contributed by atoms with Crippen LogP contribution in [0.2, 0.25) is 0 Å². The summed E-state index contributed by atoms with van der Waals surface area (Å²) in [6, 6.07) is 15.2. The van der Waals surface area contributed by atoms with Gasteiger partial charge in [-0.25, -0.2) is 4.79 Å². The molecule has 2 fully saturated rings. The van der Waals surface area contributed by atoms with Crippen molar-refractivity contribution in [3.63, 3.8) is 0 Å². The number of benzene rings is 1. The predicted octanol–water partition coefficient (Wildman–Crippen LogP) is 3.53. The van der Waals surface area contributed by atoms with Gasteiger partial charge in [-0.2, -0.15) is 0 Å². The molecule has 4 rings (SSSR count). The Morgan fingerprint density at radius 2 is 1.65 bits per heavy atom. The first-order chi connectivity index (χ1) is 15.0. The molecule has 1 unspecified atom stereocenters. The molecule has 0 radical (unpaired) electrons. The normalized spacial score (nSPS) is 18.7. The molecule has 2 aromatic carbocycles. The second kappa shape index (κ2) is 9.20. The summed E-state index contributed by atoms with van der Waals surface area (Å²) in [4.78, 5) is 37.2. The quantitative estimate of drug-likeness (QED) is 0.745. The van der Waals surface area contributed by atoms with Crippen molar-refractivity contribution >= 4 is 23.4 Å². The lowest BCUT2D eigenvalue weighted by Crippen LogP contribution is -2.33. The molecule has 0 spiro atoms. The highest BCUT2D eigenvalue weighted by atomic mass is 16.6. The zero-order valence-corrected chi connectivity index (χ0v) is 17.6. The van der Waals surface area contributed by atoms with Crippen molar-refractivity contribution < 1.29 is 14.3 Å². The van der Waals surface area contributed by atoms with Gasteiger partial charge in [-0.3, -0.25) is 14.5 Å². The summed E-state index contributed by atoms with van der Waals surface area (Å²) in [5.41, 5.74) is 3.23. The van der Waals surface area contributed by atoms with Gasteiger partial charge in [-0.15, -0.1) is 0 Å². The number of cyclic esters (lactones) is 1. The first-order valence-corrected chi connectivity index (χ1v) is 10.7. The van der Waals surface area contributed by atoms with E-state index in [1.807, 2.05) is 42.5 Å². The van der Waals surface area contributed by atoms with E-state index in [4.69, 9.17) is 4.74 Å². The average Bonchev–Trinajstić information content (AvgIpc) is 3.36. The minimum atomic E-state index is -0.423. The Bertz CT molecular complexity index is 1020. The van der Waals surface area contributed by atoms with Crippen LogP contribution < -0.4 is 21.0 Å². The predicted molar refractivity (Wildman–Crippen MR) is 120 cm³/mol. The number of ether oxygens (including phenoxy) is 1. The van der Waals surface area contributed by atoms with Crippen LogP contribution >= 0.6 is 0 Å². The summed E-state index contributed by atoms with van der Waals surface area (Å²) < 4.78 is 5.32. The molecular formula is C24H27N3O4. The second-order valence-electron chi connectivity index (χ2n) is 8.13. The number of nitrogens with zero attached hydrogens (tertiary/aromatic N) is 1. The van der Waals surface area contributed by atoms with E-state index in [-0.39, 0.29) is 17.4 Å². The number of anilines is 2. The van der Waals surface area contributed by atoms with E-state index in [0.717, 1.165) is 29.7 Å². The Kier molecular flexibility index (Phi) is 6.21. The third-order valence-electron chi connectivity index (χ3n) is 5.79. The maximum absolute atomic E-state index is 12.4. The van der Waals surface area contributed by atoms with Crippen molar-refractivity contribution in [3.05, 3.63) is 58.8 Å². The van der Waals surface area contributed by atoms with Crippen LogP contribution in [0, 0.1) is 0 Å². The highest BCUT2D eigenvalue weighted by molar-refractivity contribution is 5.90. The molecule has 2 aromatic rings. The Labute approximate surface area is 181 Å². The Morgan fingerprint density at radius 3 is 2.32 bits per heavy atom. The third-order valence-corrected chi connectivity index (χ3v) is 5.79. The number of carbonyl (C=O) groups excluding carboxylic acids is 2. The fourth-order valence-corrected chi connectivity index (χ4v) is 4.10. The zero-order valence-electron chi connectivity index (χ0n) is 17.6. The van der Waals surface area contributed by atoms with Crippen LogP contribution in [0.1, 0.15) is 32.6 Å². The molecule has 1 heterocycles. The fourth-order valence-electron chi connectivity index (χ4n) is 4.10. The lowest BCUT2D eigenvalue weighted by molar-refractivity contribution is -0.119. The summed E-state index contributed by atoms with van der Waals surface area (Å²) in [7, 11) is 0.